The van der Waals surface area contributed by atoms with Crippen LogP contribution in [0.25, 0.3) is 0 Å². The SMILES string of the molecule is COc1ccc(S(=O)(=O)N(CC(=O)NN=Cc2ccccn2)Cc2ccccc2)cc1C. The van der Waals surface area contributed by atoms with Crippen molar-refractivity contribution in [3.05, 3.63) is 89.7 Å². The fourth-order valence-electron chi connectivity index (χ4n) is 2.99. The van der Waals surface area contributed by atoms with Crippen molar-refractivity contribution in [1.29, 1.82) is 0 Å². The van der Waals surface area contributed by atoms with Gasteiger partial charge in [0.15, 0.2) is 0 Å². The minimum atomic E-state index is -3.97. The molecule has 1 aromatic heterocycles. The summed E-state index contributed by atoms with van der Waals surface area (Å²) in [4.78, 5) is 16.7. The van der Waals surface area contributed by atoms with Crippen LogP contribution in [0.5, 0.6) is 5.75 Å². The Balaban J connectivity index is 1.82. The monoisotopic (exact) mass is 452 g/mol. The Hall–Kier alpha value is -3.56. The highest BCUT2D eigenvalue weighted by molar-refractivity contribution is 7.89. The lowest BCUT2D eigenvalue weighted by molar-refractivity contribution is -0.121. The van der Waals surface area contributed by atoms with E-state index in [0.717, 1.165) is 9.87 Å². The number of amides is 1. The van der Waals surface area contributed by atoms with E-state index in [1.807, 2.05) is 18.2 Å². The van der Waals surface area contributed by atoms with E-state index in [1.54, 1.807) is 49.5 Å². The number of methoxy groups -OCH3 is 1. The van der Waals surface area contributed by atoms with Gasteiger partial charge in [0.05, 0.1) is 30.5 Å². The van der Waals surface area contributed by atoms with Crippen molar-refractivity contribution in [2.45, 2.75) is 18.4 Å². The van der Waals surface area contributed by atoms with Crippen LogP contribution >= 0.6 is 0 Å². The predicted molar refractivity (Wildman–Crippen MR) is 122 cm³/mol. The van der Waals surface area contributed by atoms with Gasteiger partial charge in [0.25, 0.3) is 5.91 Å². The summed E-state index contributed by atoms with van der Waals surface area (Å²) in [5.41, 5.74) is 4.36. The average Bonchev–Trinajstić information content (AvgIpc) is 2.80. The molecule has 0 aliphatic rings. The fraction of sp³-hybridized carbons (Fsp3) is 0.174. The first-order valence-corrected chi connectivity index (χ1v) is 11.3. The molecule has 1 amide bonds. The van der Waals surface area contributed by atoms with Gasteiger partial charge >= 0.3 is 0 Å². The van der Waals surface area contributed by atoms with Gasteiger partial charge in [0.1, 0.15) is 5.75 Å². The number of sulfonamides is 1. The van der Waals surface area contributed by atoms with Crippen LogP contribution in [0.4, 0.5) is 0 Å². The van der Waals surface area contributed by atoms with Crippen LogP contribution in [-0.4, -0.2) is 43.5 Å². The molecule has 0 radical (unpaired) electrons. The Bertz CT molecular complexity index is 1180. The molecule has 8 nitrogen and oxygen atoms in total. The number of aryl methyl sites for hydroxylation is 1. The van der Waals surface area contributed by atoms with Crippen molar-refractivity contribution in [1.82, 2.24) is 14.7 Å². The Kier molecular flexibility index (Phi) is 7.69. The van der Waals surface area contributed by atoms with Gasteiger partial charge in [0, 0.05) is 12.7 Å². The second-order valence-electron chi connectivity index (χ2n) is 6.94. The summed E-state index contributed by atoms with van der Waals surface area (Å²) in [5.74, 6) is 0.0158. The maximum atomic E-state index is 13.4. The lowest BCUT2D eigenvalue weighted by Crippen LogP contribution is -2.39. The lowest BCUT2D eigenvalue weighted by Gasteiger charge is -2.22. The molecule has 2 aromatic carbocycles. The number of hydrogen-bond donors (Lipinski definition) is 1. The molecule has 166 valence electrons. The standard InChI is InChI=1S/C23H24N4O4S/c1-18-14-21(11-12-22(18)31-2)32(29,30)27(16-19-8-4-3-5-9-19)17-23(28)26-25-15-20-10-6-7-13-24-20/h3-15H,16-17H2,1-2H3,(H,26,28). The molecule has 0 atom stereocenters. The van der Waals surface area contributed by atoms with Crippen LogP contribution < -0.4 is 10.2 Å². The molecule has 1 heterocycles. The van der Waals surface area contributed by atoms with E-state index in [4.69, 9.17) is 4.74 Å². The molecular weight excluding hydrogens is 428 g/mol. The third-order valence-electron chi connectivity index (χ3n) is 4.60. The van der Waals surface area contributed by atoms with Crippen LogP contribution in [0.2, 0.25) is 0 Å². The number of benzene rings is 2. The highest BCUT2D eigenvalue weighted by Gasteiger charge is 2.27. The number of hydrazone groups is 1. The van der Waals surface area contributed by atoms with Crippen molar-refractivity contribution in [3.63, 3.8) is 0 Å². The summed E-state index contributed by atoms with van der Waals surface area (Å²) >= 11 is 0. The fourth-order valence-corrected chi connectivity index (χ4v) is 4.46. The summed E-state index contributed by atoms with van der Waals surface area (Å²) in [7, 11) is -2.44. The number of rotatable bonds is 9. The molecule has 0 spiro atoms. The van der Waals surface area contributed by atoms with Crippen LogP contribution in [0, 0.1) is 6.92 Å². The molecule has 0 saturated heterocycles. The summed E-state index contributed by atoms with van der Waals surface area (Å²) in [6, 6.07) is 19.0. The molecule has 0 unspecified atom stereocenters. The van der Waals surface area contributed by atoms with Gasteiger partial charge in [-0.05, 0) is 48.4 Å². The molecule has 0 aliphatic heterocycles. The van der Waals surface area contributed by atoms with E-state index < -0.39 is 22.5 Å². The zero-order valence-corrected chi connectivity index (χ0v) is 18.6. The second-order valence-corrected chi connectivity index (χ2v) is 8.88. The molecule has 3 rings (SSSR count). The average molecular weight is 453 g/mol. The summed E-state index contributed by atoms with van der Waals surface area (Å²) in [6.45, 7) is 1.39. The van der Waals surface area contributed by atoms with Gasteiger partial charge in [-0.1, -0.05) is 36.4 Å². The van der Waals surface area contributed by atoms with Gasteiger partial charge in [-0.3, -0.25) is 9.78 Å². The van der Waals surface area contributed by atoms with Crippen molar-refractivity contribution in [2.75, 3.05) is 13.7 Å². The minimum Gasteiger partial charge on any atom is -0.496 e. The first kappa shape index (κ1) is 23.1. The number of aromatic nitrogens is 1. The highest BCUT2D eigenvalue weighted by Crippen LogP contribution is 2.24. The largest absolute Gasteiger partial charge is 0.496 e. The molecule has 3 aromatic rings. The van der Waals surface area contributed by atoms with Crippen LogP contribution in [0.1, 0.15) is 16.8 Å². The number of ether oxygens (including phenoxy) is 1. The zero-order valence-electron chi connectivity index (χ0n) is 17.8. The molecule has 0 aliphatic carbocycles. The first-order chi connectivity index (χ1) is 15.4. The normalized spacial score (nSPS) is 11.6. The zero-order chi connectivity index (χ0) is 23.0. The van der Waals surface area contributed by atoms with Gasteiger partial charge in [0.2, 0.25) is 10.0 Å². The van der Waals surface area contributed by atoms with Crippen molar-refractivity contribution < 1.29 is 17.9 Å². The maximum absolute atomic E-state index is 13.4. The minimum absolute atomic E-state index is 0.0334. The quantitative estimate of drug-likeness (QED) is 0.397. The summed E-state index contributed by atoms with van der Waals surface area (Å²) < 4.78 is 33.1. The van der Waals surface area contributed by atoms with E-state index in [1.165, 1.54) is 25.5 Å². The van der Waals surface area contributed by atoms with Gasteiger partial charge in [-0.2, -0.15) is 9.41 Å². The second kappa shape index (κ2) is 10.7. The summed E-state index contributed by atoms with van der Waals surface area (Å²) in [6.07, 6.45) is 2.99. The number of pyridine rings is 1. The number of nitrogens with zero attached hydrogens (tertiary/aromatic N) is 3. The third-order valence-corrected chi connectivity index (χ3v) is 6.39. The number of nitrogens with one attached hydrogen (secondary N) is 1. The molecule has 32 heavy (non-hydrogen) atoms. The topological polar surface area (TPSA) is 101 Å². The first-order valence-electron chi connectivity index (χ1n) is 9.82. The molecule has 9 heteroatoms. The van der Waals surface area contributed by atoms with E-state index in [2.05, 4.69) is 15.5 Å². The van der Waals surface area contributed by atoms with E-state index in [0.29, 0.717) is 17.0 Å². The number of carbonyl (C=O) groups is 1. The molecule has 0 bridgehead atoms. The number of hydrogen-bond acceptors (Lipinski definition) is 6. The van der Waals surface area contributed by atoms with Gasteiger partial charge in [-0.15, -0.1) is 0 Å². The lowest BCUT2D eigenvalue weighted by atomic mass is 10.2. The highest BCUT2D eigenvalue weighted by atomic mass is 32.2. The van der Waals surface area contributed by atoms with Crippen molar-refractivity contribution in [3.8, 4) is 5.75 Å². The predicted octanol–water partition coefficient (Wildman–Crippen LogP) is 2.74. The van der Waals surface area contributed by atoms with Crippen LogP contribution in [-0.2, 0) is 21.4 Å². The van der Waals surface area contributed by atoms with Crippen molar-refractivity contribution >= 4 is 22.1 Å². The molecule has 0 fully saturated rings. The summed E-state index contributed by atoms with van der Waals surface area (Å²) in [5, 5.41) is 3.87. The Labute approximate surface area is 187 Å². The number of carbonyl (C=O) groups excluding carboxylic acids is 1. The van der Waals surface area contributed by atoms with Crippen LogP contribution in [0.3, 0.4) is 0 Å². The molecule has 1 N–H and O–H groups in total. The molecular formula is C23H24N4O4S. The van der Waals surface area contributed by atoms with E-state index >= 15 is 0 Å². The Morgan fingerprint density at radius 1 is 1.12 bits per heavy atom. The third kappa shape index (κ3) is 5.99. The van der Waals surface area contributed by atoms with Gasteiger partial charge < -0.3 is 4.74 Å². The smallest absolute Gasteiger partial charge is 0.255 e. The van der Waals surface area contributed by atoms with Crippen LogP contribution in [0.15, 0.2) is 82.9 Å². The van der Waals surface area contributed by atoms with Gasteiger partial charge in [-0.25, -0.2) is 13.8 Å². The molecule has 0 saturated carbocycles. The van der Waals surface area contributed by atoms with Crippen molar-refractivity contribution in [2.24, 2.45) is 5.10 Å². The Morgan fingerprint density at radius 3 is 2.53 bits per heavy atom. The Morgan fingerprint density at radius 2 is 1.88 bits per heavy atom. The maximum Gasteiger partial charge on any atom is 0.255 e. The van der Waals surface area contributed by atoms with E-state index in [-0.39, 0.29) is 11.4 Å². The van der Waals surface area contributed by atoms with E-state index in [9.17, 15) is 13.2 Å².